The maximum Gasteiger partial charge on any atom is 0.192 e. The van der Waals surface area contributed by atoms with Gasteiger partial charge in [0.25, 0.3) is 0 Å². The Morgan fingerprint density at radius 3 is 2.67 bits per heavy atom. The fourth-order valence-corrected chi connectivity index (χ4v) is 1.58. The average molecular weight is 280 g/mol. The summed E-state index contributed by atoms with van der Waals surface area (Å²) in [5.74, 6) is 0.395. The maximum atomic E-state index is 11.1. The van der Waals surface area contributed by atoms with Crippen molar-refractivity contribution >= 4 is 34.5 Å². The Hall–Kier alpha value is -0.720. The highest BCUT2D eigenvalue weighted by Crippen LogP contribution is 2.29. The Morgan fingerprint density at radius 2 is 2.33 bits per heavy atom. The van der Waals surface area contributed by atoms with E-state index >= 15 is 0 Å². The average Bonchev–Trinajstić information content (AvgIpc) is 2.24. The highest BCUT2D eigenvalue weighted by molar-refractivity contribution is 14.1. The van der Waals surface area contributed by atoms with Crippen molar-refractivity contribution in [3.05, 3.63) is 11.9 Å². The standard InChI is InChI=1S/C7H9IN2O2/c1-4(11)6-7(12-8)5(9)3-10(6)2/h3H,9H2,1-2H3. The van der Waals surface area contributed by atoms with Crippen LogP contribution in [-0.4, -0.2) is 10.4 Å². The van der Waals surface area contributed by atoms with Crippen LogP contribution in [0.5, 0.6) is 5.75 Å². The fourth-order valence-electron chi connectivity index (χ4n) is 1.12. The Balaban J connectivity index is 3.32. The van der Waals surface area contributed by atoms with Crippen molar-refractivity contribution in [2.45, 2.75) is 6.92 Å². The number of halogens is 1. The molecule has 1 heterocycles. The number of carbonyl (C=O) groups excluding carboxylic acids is 1. The second-order valence-corrected chi connectivity index (χ2v) is 2.95. The summed E-state index contributed by atoms with van der Waals surface area (Å²) in [6, 6.07) is 0. The fraction of sp³-hybridized carbons (Fsp3) is 0.286. The molecular weight excluding hydrogens is 271 g/mol. The van der Waals surface area contributed by atoms with Crippen LogP contribution < -0.4 is 8.80 Å². The first kappa shape index (κ1) is 9.37. The number of carbonyl (C=O) groups is 1. The Labute approximate surface area is 84.4 Å². The first-order valence-electron chi connectivity index (χ1n) is 3.32. The lowest BCUT2D eigenvalue weighted by Gasteiger charge is -2.00. The van der Waals surface area contributed by atoms with E-state index in [4.69, 9.17) is 8.80 Å². The predicted molar refractivity (Wildman–Crippen MR) is 54.5 cm³/mol. The zero-order chi connectivity index (χ0) is 9.30. The Kier molecular flexibility index (Phi) is 2.61. The van der Waals surface area contributed by atoms with Gasteiger partial charge in [0.05, 0.1) is 5.69 Å². The Morgan fingerprint density at radius 1 is 1.75 bits per heavy atom. The summed E-state index contributed by atoms with van der Waals surface area (Å²) >= 11 is 1.71. The molecular formula is C7H9IN2O2. The molecule has 0 radical (unpaired) electrons. The quantitative estimate of drug-likeness (QED) is 0.660. The van der Waals surface area contributed by atoms with E-state index in [1.165, 1.54) is 6.92 Å². The number of hydrogen-bond donors (Lipinski definition) is 1. The van der Waals surface area contributed by atoms with Crippen molar-refractivity contribution in [1.29, 1.82) is 0 Å². The van der Waals surface area contributed by atoms with Crippen LogP contribution in [0.15, 0.2) is 6.20 Å². The van der Waals surface area contributed by atoms with E-state index in [1.807, 2.05) is 0 Å². The summed E-state index contributed by atoms with van der Waals surface area (Å²) in [7, 11) is 1.76. The van der Waals surface area contributed by atoms with Gasteiger partial charge in [-0.05, 0) is 0 Å². The summed E-state index contributed by atoms with van der Waals surface area (Å²) < 4.78 is 6.62. The molecule has 0 fully saturated rings. The monoisotopic (exact) mass is 280 g/mol. The van der Waals surface area contributed by atoms with E-state index in [2.05, 4.69) is 0 Å². The molecule has 0 spiro atoms. The third-order valence-corrected chi connectivity index (χ3v) is 2.01. The summed E-state index contributed by atoms with van der Waals surface area (Å²) in [5.41, 5.74) is 6.57. The van der Waals surface area contributed by atoms with Gasteiger partial charge in [-0.1, -0.05) is 0 Å². The number of aryl methyl sites for hydroxylation is 1. The zero-order valence-electron chi connectivity index (χ0n) is 6.80. The molecule has 0 saturated heterocycles. The topological polar surface area (TPSA) is 57.2 Å². The molecule has 0 aliphatic heterocycles. The predicted octanol–water partition coefficient (Wildman–Crippen LogP) is 1.54. The van der Waals surface area contributed by atoms with Crippen LogP contribution in [-0.2, 0) is 7.05 Å². The summed E-state index contributed by atoms with van der Waals surface area (Å²) in [6.07, 6.45) is 1.66. The summed E-state index contributed by atoms with van der Waals surface area (Å²) in [5, 5.41) is 0. The first-order valence-corrected chi connectivity index (χ1v) is 4.20. The number of nitrogen functional groups attached to an aromatic ring is 1. The second-order valence-electron chi connectivity index (χ2n) is 2.51. The molecule has 1 aromatic heterocycles. The van der Waals surface area contributed by atoms with Crippen LogP contribution in [0.3, 0.4) is 0 Å². The van der Waals surface area contributed by atoms with Gasteiger partial charge < -0.3 is 13.4 Å². The normalized spacial score (nSPS) is 9.92. The molecule has 0 atom stereocenters. The van der Waals surface area contributed by atoms with E-state index < -0.39 is 0 Å². The number of aromatic nitrogens is 1. The van der Waals surface area contributed by atoms with Crippen LogP contribution in [0, 0.1) is 0 Å². The highest BCUT2D eigenvalue weighted by Gasteiger charge is 2.16. The molecule has 1 rings (SSSR count). The van der Waals surface area contributed by atoms with E-state index in [1.54, 1.807) is 40.8 Å². The van der Waals surface area contributed by atoms with Gasteiger partial charge in [-0.25, -0.2) is 0 Å². The van der Waals surface area contributed by atoms with Crippen molar-refractivity contribution in [2.24, 2.45) is 7.05 Å². The summed E-state index contributed by atoms with van der Waals surface area (Å²) in [6.45, 7) is 1.48. The number of nitrogens with zero attached hydrogens (tertiary/aromatic N) is 1. The van der Waals surface area contributed by atoms with Gasteiger partial charge in [0.2, 0.25) is 0 Å². The summed E-state index contributed by atoms with van der Waals surface area (Å²) in [4.78, 5) is 11.1. The molecule has 1 aromatic rings. The molecule has 2 N–H and O–H groups in total. The number of ketones is 1. The molecule has 4 nitrogen and oxygen atoms in total. The minimum Gasteiger partial charge on any atom is -0.423 e. The third-order valence-electron chi connectivity index (χ3n) is 1.57. The molecule has 0 saturated carbocycles. The lowest BCUT2D eigenvalue weighted by atomic mass is 10.3. The van der Waals surface area contributed by atoms with Crippen molar-refractivity contribution in [3.63, 3.8) is 0 Å². The number of hydrogen-bond acceptors (Lipinski definition) is 3. The van der Waals surface area contributed by atoms with Gasteiger partial charge in [-0.15, -0.1) is 0 Å². The van der Waals surface area contributed by atoms with Gasteiger partial charge >= 0.3 is 0 Å². The van der Waals surface area contributed by atoms with Crippen LogP contribution >= 0.6 is 23.0 Å². The third kappa shape index (κ3) is 1.40. The first-order chi connectivity index (χ1) is 5.57. The van der Waals surface area contributed by atoms with Crippen molar-refractivity contribution in [2.75, 3.05) is 5.73 Å². The number of Topliss-reactive ketones (excluding diaryl/α,β-unsaturated/α-hetero) is 1. The molecule has 0 bridgehead atoms. The number of rotatable bonds is 2. The number of anilines is 1. The molecule has 0 aromatic carbocycles. The van der Waals surface area contributed by atoms with Crippen molar-refractivity contribution in [3.8, 4) is 5.75 Å². The van der Waals surface area contributed by atoms with Crippen LogP contribution in [0.1, 0.15) is 17.4 Å². The molecule has 12 heavy (non-hydrogen) atoms. The van der Waals surface area contributed by atoms with Crippen LogP contribution in [0.25, 0.3) is 0 Å². The maximum absolute atomic E-state index is 11.1. The van der Waals surface area contributed by atoms with Gasteiger partial charge in [0.15, 0.2) is 34.5 Å². The molecule has 5 heteroatoms. The van der Waals surface area contributed by atoms with E-state index in [9.17, 15) is 4.79 Å². The SMILES string of the molecule is CC(=O)c1c(OI)c(N)cn1C. The second kappa shape index (κ2) is 3.34. The molecule has 66 valence electrons. The highest BCUT2D eigenvalue weighted by atomic mass is 127. The van der Waals surface area contributed by atoms with Gasteiger partial charge in [0, 0.05) is 20.2 Å². The zero-order valence-corrected chi connectivity index (χ0v) is 8.95. The lowest BCUT2D eigenvalue weighted by molar-refractivity contribution is 0.100. The van der Waals surface area contributed by atoms with Crippen LogP contribution in [0.2, 0.25) is 0 Å². The molecule has 0 unspecified atom stereocenters. The van der Waals surface area contributed by atoms with Crippen molar-refractivity contribution in [1.82, 2.24) is 4.57 Å². The molecule has 0 amide bonds. The Bertz CT molecular complexity index is 319. The number of nitrogens with two attached hydrogens (primary N) is 1. The van der Waals surface area contributed by atoms with E-state index in [0.29, 0.717) is 17.1 Å². The van der Waals surface area contributed by atoms with Gasteiger partial charge in [-0.2, -0.15) is 0 Å². The lowest BCUT2D eigenvalue weighted by Crippen LogP contribution is -2.01. The van der Waals surface area contributed by atoms with E-state index in [0.717, 1.165) is 0 Å². The van der Waals surface area contributed by atoms with Gasteiger partial charge in [-0.3, -0.25) is 4.79 Å². The van der Waals surface area contributed by atoms with Crippen LogP contribution in [0.4, 0.5) is 5.69 Å². The molecule has 0 aliphatic carbocycles. The largest absolute Gasteiger partial charge is 0.423 e. The van der Waals surface area contributed by atoms with Crippen molar-refractivity contribution < 1.29 is 7.86 Å². The smallest absolute Gasteiger partial charge is 0.192 e. The minimum atomic E-state index is -0.0548. The minimum absolute atomic E-state index is 0.0548. The molecule has 0 aliphatic rings. The van der Waals surface area contributed by atoms with Gasteiger partial charge in [0.1, 0.15) is 5.69 Å². The van der Waals surface area contributed by atoms with E-state index in [-0.39, 0.29) is 5.78 Å².